The van der Waals surface area contributed by atoms with E-state index in [1.807, 2.05) is 0 Å². The largest absolute Gasteiger partial charge is 0.335 e. The molecule has 0 radical (unpaired) electrons. The minimum absolute atomic E-state index is 0.113. The highest BCUT2D eigenvalue weighted by molar-refractivity contribution is 6.33. The number of amides is 1. The first-order chi connectivity index (χ1) is 9.41. The summed E-state index contributed by atoms with van der Waals surface area (Å²) in [5.41, 5.74) is 0.103. The lowest BCUT2D eigenvalue weighted by Crippen LogP contribution is -2.38. The summed E-state index contributed by atoms with van der Waals surface area (Å²) in [6.07, 6.45) is 1.93. The molecule has 0 aromatic heterocycles. The predicted octanol–water partition coefficient (Wildman–Crippen LogP) is 3.51. The molecule has 1 saturated heterocycles. The maximum absolute atomic E-state index is 12.6. The van der Waals surface area contributed by atoms with Crippen molar-refractivity contribution in [3.8, 4) is 0 Å². The second-order valence-electron chi connectivity index (χ2n) is 5.37. The Kier molecular flexibility index (Phi) is 4.28. The SMILES string of the molecule is CC(C)C1CCCN1C(=O)c1cc([N+](=O)[O-])ccc1Cl. The minimum Gasteiger partial charge on any atom is -0.335 e. The Balaban J connectivity index is 2.33. The van der Waals surface area contributed by atoms with Gasteiger partial charge in [0, 0.05) is 24.7 Å². The van der Waals surface area contributed by atoms with Gasteiger partial charge in [0.25, 0.3) is 11.6 Å². The number of rotatable bonds is 3. The maximum atomic E-state index is 12.6. The zero-order valence-corrected chi connectivity index (χ0v) is 12.3. The fourth-order valence-corrected chi connectivity index (χ4v) is 2.88. The Morgan fingerprint density at radius 1 is 1.50 bits per heavy atom. The van der Waals surface area contributed by atoms with Gasteiger partial charge in [0.05, 0.1) is 15.5 Å². The third kappa shape index (κ3) is 2.77. The van der Waals surface area contributed by atoms with Crippen LogP contribution in [0.4, 0.5) is 5.69 Å². The number of carbonyl (C=O) groups excluding carboxylic acids is 1. The van der Waals surface area contributed by atoms with Gasteiger partial charge in [-0.25, -0.2) is 0 Å². The monoisotopic (exact) mass is 296 g/mol. The summed E-state index contributed by atoms with van der Waals surface area (Å²) in [7, 11) is 0. The Morgan fingerprint density at radius 2 is 2.20 bits per heavy atom. The highest BCUT2D eigenvalue weighted by Crippen LogP contribution is 2.29. The molecule has 1 amide bonds. The number of nitrogens with zero attached hydrogens (tertiary/aromatic N) is 2. The van der Waals surface area contributed by atoms with E-state index in [1.165, 1.54) is 18.2 Å². The molecule has 108 valence electrons. The molecular formula is C14H17ClN2O3. The number of likely N-dealkylation sites (tertiary alicyclic amines) is 1. The van der Waals surface area contributed by atoms with E-state index in [1.54, 1.807) is 4.90 Å². The van der Waals surface area contributed by atoms with Crippen LogP contribution in [0.15, 0.2) is 18.2 Å². The van der Waals surface area contributed by atoms with E-state index in [9.17, 15) is 14.9 Å². The summed E-state index contributed by atoms with van der Waals surface area (Å²) < 4.78 is 0. The molecule has 0 aliphatic carbocycles. The van der Waals surface area contributed by atoms with Crippen LogP contribution in [-0.4, -0.2) is 28.3 Å². The fraction of sp³-hybridized carbons (Fsp3) is 0.500. The van der Waals surface area contributed by atoms with E-state index in [0.29, 0.717) is 12.5 Å². The van der Waals surface area contributed by atoms with Gasteiger partial charge < -0.3 is 4.90 Å². The van der Waals surface area contributed by atoms with Crippen LogP contribution in [0.5, 0.6) is 0 Å². The quantitative estimate of drug-likeness (QED) is 0.633. The van der Waals surface area contributed by atoms with E-state index in [0.717, 1.165) is 12.8 Å². The first kappa shape index (κ1) is 14.8. The van der Waals surface area contributed by atoms with Crippen molar-refractivity contribution in [1.29, 1.82) is 0 Å². The van der Waals surface area contributed by atoms with Crippen LogP contribution < -0.4 is 0 Å². The highest BCUT2D eigenvalue weighted by Gasteiger charge is 2.32. The summed E-state index contributed by atoms with van der Waals surface area (Å²) in [6, 6.07) is 4.16. The van der Waals surface area contributed by atoms with Crippen LogP contribution in [0.25, 0.3) is 0 Å². The van der Waals surface area contributed by atoms with Gasteiger partial charge in [-0.05, 0) is 24.8 Å². The van der Waals surface area contributed by atoms with Crippen molar-refractivity contribution in [3.05, 3.63) is 38.9 Å². The Hall–Kier alpha value is -1.62. The van der Waals surface area contributed by atoms with E-state index < -0.39 is 4.92 Å². The van der Waals surface area contributed by atoms with Crippen LogP contribution in [0.3, 0.4) is 0 Å². The molecule has 0 saturated carbocycles. The number of benzene rings is 1. The van der Waals surface area contributed by atoms with E-state index in [4.69, 9.17) is 11.6 Å². The molecule has 0 bridgehead atoms. The van der Waals surface area contributed by atoms with Crippen molar-refractivity contribution >= 4 is 23.2 Å². The molecule has 0 N–H and O–H groups in total. The Morgan fingerprint density at radius 3 is 2.80 bits per heavy atom. The number of halogens is 1. The van der Waals surface area contributed by atoms with Crippen LogP contribution in [0.2, 0.25) is 5.02 Å². The smallest absolute Gasteiger partial charge is 0.270 e. The van der Waals surface area contributed by atoms with E-state index in [2.05, 4.69) is 13.8 Å². The van der Waals surface area contributed by atoms with Gasteiger partial charge in [-0.3, -0.25) is 14.9 Å². The Labute approximate surface area is 122 Å². The maximum Gasteiger partial charge on any atom is 0.270 e. The van der Waals surface area contributed by atoms with Crippen molar-refractivity contribution in [2.45, 2.75) is 32.7 Å². The standard InChI is InChI=1S/C14H17ClN2O3/c1-9(2)13-4-3-7-16(13)14(18)11-8-10(17(19)20)5-6-12(11)15/h5-6,8-9,13H,3-4,7H2,1-2H3. The van der Waals surface area contributed by atoms with Crippen molar-refractivity contribution in [2.24, 2.45) is 5.92 Å². The number of non-ortho nitro benzene ring substituents is 1. The lowest BCUT2D eigenvalue weighted by Gasteiger charge is -2.28. The molecule has 1 aliphatic heterocycles. The normalized spacial score (nSPS) is 18.6. The molecule has 5 nitrogen and oxygen atoms in total. The molecule has 1 unspecified atom stereocenters. The first-order valence-electron chi connectivity index (χ1n) is 6.66. The summed E-state index contributed by atoms with van der Waals surface area (Å²) in [6.45, 7) is 4.83. The average Bonchev–Trinajstić information content (AvgIpc) is 2.87. The summed E-state index contributed by atoms with van der Waals surface area (Å²) in [4.78, 5) is 24.7. The molecule has 1 aromatic rings. The summed E-state index contributed by atoms with van der Waals surface area (Å²) >= 11 is 6.03. The van der Waals surface area contributed by atoms with Gasteiger partial charge in [-0.15, -0.1) is 0 Å². The number of hydrogen-bond acceptors (Lipinski definition) is 3. The van der Waals surface area contributed by atoms with Crippen molar-refractivity contribution in [2.75, 3.05) is 6.54 Å². The molecule has 1 heterocycles. The lowest BCUT2D eigenvalue weighted by atomic mass is 10.0. The van der Waals surface area contributed by atoms with E-state index >= 15 is 0 Å². The molecule has 6 heteroatoms. The lowest BCUT2D eigenvalue weighted by molar-refractivity contribution is -0.384. The second-order valence-corrected chi connectivity index (χ2v) is 5.78. The van der Waals surface area contributed by atoms with E-state index in [-0.39, 0.29) is 28.2 Å². The second kappa shape index (κ2) is 5.79. The Bertz CT molecular complexity index is 545. The van der Waals surface area contributed by atoms with Gasteiger partial charge in [-0.1, -0.05) is 25.4 Å². The molecule has 1 aromatic carbocycles. The predicted molar refractivity (Wildman–Crippen MR) is 77.0 cm³/mol. The zero-order valence-electron chi connectivity index (χ0n) is 11.5. The van der Waals surface area contributed by atoms with Crippen LogP contribution >= 0.6 is 11.6 Å². The summed E-state index contributed by atoms with van der Waals surface area (Å²) in [5, 5.41) is 11.1. The molecule has 1 fully saturated rings. The van der Waals surface area contributed by atoms with Crippen molar-refractivity contribution < 1.29 is 9.72 Å². The molecule has 1 aliphatic rings. The van der Waals surface area contributed by atoms with Crippen LogP contribution in [0, 0.1) is 16.0 Å². The summed E-state index contributed by atoms with van der Waals surface area (Å²) in [5.74, 6) is 0.147. The third-order valence-electron chi connectivity index (χ3n) is 3.72. The minimum atomic E-state index is -0.517. The molecule has 20 heavy (non-hydrogen) atoms. The number of hydrogen-bond donors (Lipinski definition) is 0. The first-order valence-corrected chi connectivity index (χ1v) is 7.04. The molecular weight excluding hydrogens is 280 g/mol. The van der Waals surface area contributed by atoms with Gasteiger partial charge >= 0.3 is 0 Å². The molecule has 1 atom stereocenters. The van der Waals surface area contributed by atoms with Gasteiger partial charge in [-0.2, -0.15) is 0 Å². The topological polar surface area (TPSA) is 63.5 Å². The third-order valence-corrected chi connectivity index (χ3v) is 4.05. The molecule has 0 spiro atoms. The van der Waals surface area contributed by atoms with Crippen molar-refractivity contribution in [1.82, 2.24) is 4.90 Å². The average molecular weight is 297 g/mol. The fourth-order valence-electron chi connectivity index (χ4n) is 2.68. The van der Waals surface area contributed by atoms with Gasteiger partial charge in [0.2, 0.25) is 0 Å². The number of nitro groups is 1. The number of carbonyl (C=O) groups is 1. The van der Waals surface area contributed by atoms with Crippen LogP contribution in [0.1, 0.15) is 37.0 Å². The highest BCUT2D eigenvalue weighted by atomic mass is 35.5. The van der Waals surface area contributed by atoms with Gasteiger partial charge in [0.1, 0.15) is 0 Å². The molecule has 2 rings (SSSR count). The van der Waals surface area contributed by atoms with Gasteiger partial charge in [0.15, 0.2) is 0 Å². The van der Waals surface area contributed by atoms with Crippen LogP contribution in [-0.2, 0) is 0 Å². The number of nitro benzene ring substituents is 1. The van der Waals surface area contributed by atoms with Crippen molar-refractivity contribution in [3.63, 3.8) is 0 Å². The zero-order chi connectivity index (χ0) is 14.9.